The van der Waals surface area contributed by atoms with Gasteiger partial charge in [-0.2, -0.15) is 0 Å². The number of hydrogen-bond donors (Lipinski definition) is 1. The zero-order valence-electron chi connectivity index (χ0n) is 12.7. The first kappa shape index (κ1) is 14.3. The zero-order chi connectivity index (χ0) is 14.7. The molecule has 5 nitrogen and oxygen atoms in total. The average molecular weight is 288 g/mol. The van der Waals surface area contributed by atoms with E-state index < -0.39 is 0 Å². The monoisotopic (exact) mass is 288 g/mol. The van der Waals surface area contributed by atoms with Crippen LogP contribution in [0.25, 0.3) is 0 Å². The first-order valence-electron chi connectivity index (χ1n) is 7.91. The molecule has 2 saturated heterocycles. The zero-order valence-corrected chi connectivity index (χ0v) is 12.7. The third-order valence-electron chi connectivity index (χ3n) is 4.55. The van der Waals surface area contributed by atoms with Crippen LogP contribution in [-0.4, -0.2) is 53.5 Å². The largest absolute Gasteiger partial charge is 0.324 e. The maximum absolute atomic E-state index is 12.3. The maximum atomic E-state index is 12.3. The van der Waals surface area contributed by atoms with Crippen molar-refractivity contribution in [3.8, 4) is 0 Å². The van der Waals surface area contributed by atoms with Gasteiger partial charge in [0.05, 0.1) is 0 Å². The first-order chi connectivity index (χ1) is 10.2. The summed E-state index contributed by atoms with van der Waals surface area (Å²) in [5, 5.41) is 3.00. The SMILES string of the molecule is Cc1cnccc1NC(=O)N1CCC(CN2CCCC2)C1. The van der Waals surface area contributed by atoms with Crippen LogP contribution in [0.3, 0.4) is 0 Å². The first-order valence-corrected chi connectivity index (χ1v) is 7.91. The molecule has 21 heavy (non-hydrogen) atoms. The Morgan fingerprint density at radius 1 is 1.38 bits per heavy atom. The Morgan fingerprint density at radius 2 is 2.19 bits per heavy atom. The molecule has 1 N–H and O–H groups in total. The van der Waals surface area contributed by atoms with Crippen molar-refractivity contribution in [1.29, 1.82) is 0 Å². The number of hydrogen-bond acceptors (Lipinski definition) is 3. The lowest BCUT2D eigenvalue weighted by atomic mass is 10.1. The molecule has 1 unspecified atom stereocenters. The summed E-state index contributed by atoms with van der Waals surface area (Å²) < 4.78 is 0. The lowest BCUT2D eigenvalue weighted by molar-refractivity contribution is 0.217. The number of carbonyl (C=O) groups excluding carboxylic acids is 1. The summed E-state index contributed by atoms with van der Waals surface area (Å²) in [5.74, 6) is 0.632. The number of nitrogens with one attached hydrogen (secondary N) is 1. The van der Waals surface area contributed by atoms with Gasteiger partial charge in [0.2, 0.25) is 0 Å². The number of rotatable bonds is 3. The highest BCUT2D eigenvalue weighted by Gasteiger charge is 2.28. The molecule has 5 heteroatoms. The summed E-state index contributed by atoms with van der Waals surface area (Å²) in [6, 6.07) is 1.87. The third kappa shape index (κ3) is 3.53. The van der Waals surface area contributed by atoms with E-state index in [-0.39, 0.29) is 6.03 Å². The number of aromatic nitrogens is 1. The summed E-state index contributed by atoms with van der Waals surface area (Å²) >= 11 is 0. The van der Waals surface area contributed by atoms with Crippen LogP contribution in [0.15, 0.2) is 18.5 Å². The Kier molecular flexibility index (Phi) is 4.39. The second kappa shape index (κ2) is 6.43. The van der Waals surface area contributed by atoms with E-state index in [1.54, 1.807) is 12.4 Å². The average Bonchev–Trinajstić information content (AvgIpc) is 3.13. The second-order valence-electron chi connectivity index (χ2n) is 6.23. The molecule has 1 aromatic heterocycles. The molecule has 114 valence electrons. The minimum atomic E-state index is 0.0215. The van der Waals surface area contributed by atoms with E-state index in [0.29, 0.717) is 5.92 Å². The van der Waals surface area contributed by atoms with Crippen LogP contribution >= 0.6 is 0 Å². The number of pyridine rings is 1. The van der Waals surface area contributed by atoms with Gasteiger partial charge in [0.15, 0.2) is 0 Å². The fraction of sp³-hybridized carbons (Fsp3) is 0.625. The van der Waals surface area contributed by atoms with E-state index in [9.17, 15) is 4.79 Å². The Hall–Kier alpha value is -1.62. The van der Waals surface area contributed by atoms with Crippen LogP contribution in [0, 0.1) is 12.8 Å². The molecule has 3 heterocycles. The maximum Gasteiger partial charge on any atom is 0.321 e. The highest BCUT2D eigenvalue weighted by molar-refractivity contribution is 5.90. The molecule has 2 fully saturated rings. The molecule has 2 aliphatic rings. The molecule has 0 aliphatic carbocycles. The molecule has 0 saturated carbocycles. The fourth-order valence-corrected chi connectivity index (χ4v) is 3.30. The normalized spacial score (nSPS) is 22.7. The van der Waals surface area contributed by atoms with E-state index in [0.717, 1.165) is 37.3 Å². The molecular weight excluding hydrogens is 264 g/mol. The molecule has 0 bridgehead atoms. The van der Waals surface area contributed by atoms with Gasteiger partial charge >= 0.3 is 6.03 Å². The molecule has 1 atom stereocenters. The van der Waals surface area contributed by atoms with Crippen molar-refractivity contribution < 1.29 is 4.79 Å². The third-order valence-corrected chi connectivity index (χ3v) is 4.55. The number of anilines is 1. The summed E-state index contributed by atoms with van der Waals surface area (Å²) in [7, 11) is 0. The highest BCUT2D eigenvalue weighted by Crippen LogP contribution is 2.21. The standard InChI is InChI=1S/C16H24N4O/c1-13-10-17-6-4-15(13)18-16(21)20-9-5-14(12-20)11-19-7-2-3-8-19/h4,6,10,14H,2-3,5,7-9,11-12H2,1H3,(H,17,18,21). The van der Waals surface area contributed by atoms with E-state index in [1.807, 2.05) is 17.9 Å². The highest BCUT2D eigenvalue weighted by atomic mass is 16.2. The fourth-order valence-electron chi connectivity index (χ4n) is 3.30. The summed E-state index contributed by atoms with van der Waals surface area (Å²) in [6.07, 6.45) is 7.27. The summed E-state index contributed by atoms with van der Waals surface area (Å²) in [6.45, 7) is 7.33. The number of nitrogens with zero attached hydrogens (tertiary/aromatic N) is 3. The van der Waals surface area contributed by atoms with Gasteiger partial charge in [-0.25, -0.2) is 4.79 Å². The van der Waals surface area contributed by atoms with Crippen LogP contribution in [-0.2, 0) is 0 Å². The number of amides is 2. The van der Waals surface area contributed by atoms with Gasteiger partial charge in [-0.05, 0) is 56.8 Å². The molecular formula is C16H24N4O. The van der Waals surface area contributed by atoms with Crippen molar-refractivity contribution in [2.45, 2.75) is 26.2 Å². The van der Waals surface area contributed by atoms with Gasteiger partial charge < -0.3 is 15.1 Å². The van der Waals surface area contributed by atoms with Crippen molar-refractivity contribution in [3.63, 3.8) is 0 Å². The Morgan fingerprint density at radius 3 is 2.95 bits per heavy atom. The predicted octanol–water partition coefficient (Wildman–Crippen LogP) is 2.34. The van der Waals surface area contributed by atoms with E-state index in [1.165, 1.54) is 25.9 Å². The summed E-state index contributed by atoms with van der Waals surface area (Å²) in [5.41, 5.74) is 1.86. The number of carbonyl (C=O) groups is 1. The van der Waals surface area contributed by atoms with Crippen LogP contribution in [0.5, 0.6) is 0 Å². The van der Waals surface area contributed by atoms with Crippen molar-refractivity contribution in [1.82, 2.24) is 14.8 Å². The summed E-state index contributed by atoms with van der Waals surface area (Å²) in [4.78, 5) is 20.9. The Labute approximate surface area is 126 Å². The minimum Gasteiger partial charge on any atom is -0.324 e. The number of likely N-dealkylation sites (tertiary alicyclic amines) is 2. The Balaban J connectivity index is 1.51. The van der Waals surface area contributed by atoms with Gasteiger partial charge in [0.25, 0.3) is 0 Å². The van der Waals surface area contributed by atoms with E-state index >= 15 is 0 Å². The Bertz CT molecular complexity index is 499. The molecule has 3 rings (SSSR count). The molecule has 1 aromatic rings. The molecule has 0 aromatic carbocycles. The predicted molar refractivity (Wildman–Crippen MR) is 83.3 cm³/mol. The molecule has 2 amide bonds. The van der Waals surface area contributed by atoms with Gasteiger partial charge in [-0.1, -0.05) is 0 Å². The number of aryl methyl sites for hydroxylation is 1. The van der Waals surface area contributed by atoms with Crippen molar-refractivity contribution in [3.05, 3.63) is 24.0 Å². The van der Waals surface area contributed by atoms with Gasteiger partial charge in [-0.3, -0.25) is 4.98 Å². The number of urea groups is 1. The van der Waals surface area contributed by atoms with E-state index in [2.05, 4.69) is 15.2 Å². The molecule has 0 spiro atoms. The van der Waals surface area contributed by atoms with Gasteiger partial charge in [-0.15, -0.1) is 0 Å². The van der Waals surface area contributed by atoms with Crippen LogP contribution < -0.4 is 5.32 Å². The second-order valence-corrected chi connectivity index (χ2v) is 6.23. The lowest BCUT2D eigenvalue weighted by Gasteiger charge is -2.21. The van der Waals surface area contributed by atoms with Crippen LogP contribution in [0.2, 0.25) is 0 Å². The molecule has 0 radical (unpaired) electrons. The van der Waals surface area contributed by atoms with Crippen molar-refractivity contribution >= 4 is 11.7 Å². The quantitative estimate of drug-likeness (QED) is 0.928. The molecule has 2 aliphatic heterocycles. The van der Waals surface area contributed by atoms with Crippen molar-refractivity contribution in [2.24, 2.45) is 5.92 Å². The van der Waals surface area contributed by atoms with Gasteiger partial charge in [0, 0.05) is 37.7 Å². The van der Waals surface area contributed by atoms with E-state index in [4.69, 9.17) is 0 Å². The van der Waals surface area contributed by atoms with Gasteiger partial charge in [0.1, 0.15) is 0 Å². The minimum absolute atomic E-state index is 0.0215. The lowest BCUT2D eigenvalue weighted by Crippen LogP contribution is -2.35. The topological polar surface area (TPSA) is 48.5 Å². The van der Waals surface area contributed by atoms with Crippen molar-refractivity contribution in [2.75, 3.05) is 38.0 Å². The van der Waals surface area contributed by atoms with Crippen LogP contribution in [0.4, 0.5) is 10.5 Å². The smallest absolute Gasteiger partial charge is 0.321 e. The van der Waals surface area contributed by atoms with Crippen LogP contribution in [0.1, 0.15) is 24.8 Å².